The van der Waals surface area contributed by atoms with E-state index >= 15 is 0 Å². The van der Waals surface area contributed by atoms with E-state index in [2.05, 4.69) is 20.5 Å². The van der Waals surface area contributed by atoms with Crippen LogP contribution in [0.3, 0.4) is 0 Å². The average Bonchev–Trinajstić information content (AvgIpc) is 2.59. The Morgan fingerprint density at radius 3 is 2.54 bits per heavy atom. The third-order valence-corrected chi connectivity index (χ3v) is 4.43. The van der Waals surface area contributed by atoms with Crippen molar-refractivity contribution in [3.05, 3.63) is 46.6 Å². The Balaban J connectivity index is 1.61. The van der Waals surface area contributed by atoms with Crippen molar-refractivity contribution in [1.29, 1.82) is 0 Å². The van der Waals surface area contributed by atoms with E-state index in [1.54, 1.807) is 24.4 Å². The zero-order valence-electron chi connectivity index (χ0n) is 13.1. The molecule has 0 aliphatic carbocycles. The second kappa shape index (κ2) is 7.73. The maximum atomic E-state index is 12.1. The van der Waals surface area contributed by atoms with E-state index in [1.807, 2.05) is 12.1 Å². The van der Waals surface area contributed by atoms with Crippen LogP contribution in [0.2, 0.25) is 10.0 Å². The second-order valence-corrected chi connectivity index (χ2v) is 6.50. The van der Waals surface area contributed by atoms with E-state index in [9.17, 15) is 4.79 Å². The van der Waals surface area contributed by atoms with Crippen LogP contribution in [0, 0.1) is 0 Å². The van der Waals surface area contributed by atoms with Crippen molar-refractivity contribution in [3.8, 4) is 0 Å². The number of amides is 2. The minimum absolute atomic E-state index is 0.397. The van der Waals surface area contributed by atoms with Crippen LogP contribution in [0.4, 0.5) is 22.0 Å². The Bertz CT molecular complexity index is 715. The number of hydrogen-bond donors (Lipinski definition) is 2. The predicted octanol–water partition coefficient (Wildman–Crippen LogP) is 5.02. The lowest BCUT2D eigenvalue weighted by Gasteiger charge is -2.27. The molecule has 7 heteroatoms. The summed E-state index contributed by atoms with van der Waals surface area (Å²) in [7, 11) is 0. The van der Waals surface area contributed by atoms with Crippen LogP contribution in [0.25, 0.3) is 0 Å². The molecule has 0 unspecified atom stereocenters. The van der Waals surface area contributed by atoms with Crippen molar-refractivity contribution in [2.75, 3.05) is 28.6 Å². The van der Waals surface area contributed by atoms with E-state index in [0.29, 0.717) is 21.4 Å². The van der Waals surface area contributed by atoms with Gasteiger partial charge in [0.15, 0.2) is 0 Å². The Morgan fingerprint density at radius 1 is 1.04 bits per heavy atom. The summed E-state index contributed by atoms with van der Waals surface area (Å²) in [5.74, 6) is 0.943. The quantitative estimate of drug-likeness (QED) is 0.803. The number of nitrogens with zero attached hydrogens (tertiary/aromatic N) is 2. The summed E-state index contributed by atoms with van der Waals surface area (Å²) in [6, 6.07) is 8.27. The van der Waals surface area contributed by atoms with E-state index in [4.69, 9.17) is 23.2 Å². The van der Waals surface area contributed by atoms with Gasteiger partial charge in [-0.2, -0.15) is 0 Å². The van der Waals surface area contributed by atoms with Crippen LogP contribution < -0.4 is 15.5 Å². The van der Waals surface area contributed by atoms with Crippen LogP contribution in [0.15, 0.2) is 36.5 Å². The molecule has 5 nitrogen and oxygen atoms in total. The molecule has 0 radical (unpaired) electrons. The van der Waals surface area contributed by atoms with Gasteiger partial charge in [0.1, 0.15) is 5.82 Å². The normalized spacial score (nSPS) is 14.3. The molecule has 2 N–H and O–H groups in total. The fourth-order valence-electron chi connectivity index (χ4n) is 2.65. The Morgan fingerprint density at radius 2 is 1.83 bits per heavy atom. The van der Waals surface area contributed by atoms with E-state index in [-0.39, 0.29) is 0 Å². The van der Waals surface area contributed by atoms with Gasteiger partial charge < -0.3 is 15.5 Å². The molecular formula is C17H18Cl2N4O. The number of nitrogens with one attached hydrogen (secondary N) is 2. The monoisotopic (exact) mass is 364 g/mol. The number of urea groups is 1. The highest BCUT2D eigenvalue weighted by Crippen LogP contribution is 2.25. The first kappa shape index (κ1) is 16.9. The summed E-state index contributed by atoms with van der Waals surface area (Å²) in [6.45, 7) is 2.07. The molecule has 1 fully saturated rings. The number of hydrogen-bond acceptors (Lipinski definition) is 3. The maximum absolute atomic E-state index is 12.1. The first-order valence-electron chi connectivity index (χ1n) is 7.86. The highest BCUT2D eigenvalue weighted by atomic mass is 35.5. The third kappa shape index (κ3) is 4.30. The Labute approximate surface area is 151 Å². The highest BCUT2D eigenvalue weighted by Gasteiger charge is 2.12. The lowest BCUT2D eigenvalue weighted by Crippen LogP contribution is -2.30. The molecule has 1 saturated heterocycles. The van der Waals surface area contributed by atoms with Gasteiger partial charge in [-0.1, -0.05) is 23.2 Å². The lowest BCUT2D eigenvalue weighted by molar-refractivity contribution is 0.262. The number of anilines is 3. The fourth-order valence-corrected chi connectivity index (χ4v) is 2.98. The zero-order valence-corrected chi connectivity index (χ0v) is 14.6. The number of aromatic nitrogens is 1. The lowest BCUT2D eigenvalue weighted by atomic mass is 10.1. The number of benzene rings is 1. The van der Waals surface area contributed by atoms with Crippen molar-refractivity contribution < 1.29 is 4.79 Å². The molecule has 24 heavy (non-hydrogen) atoms. The van der Waals surface area contributed by atoms with Gasteiger partial charge in [0.25, 0.3) is 0 Å². The Hall–Kier alpha value is -1.98. The number of pyridine rings is 1. The van der Waals surface area contributed by atoms with Crippen molar-refractivity contribution in [1.82, 2.24) is 4.98 Å². The highest BCUT2D eigenvalue weighted by molar-refractivity contribution is 6.35. The molecule has 1 aromatic carbocycles. The standard InChI is InChI=1S/C17H18Cl2N4O/c18-12-4-6-14(19)15(10-12)22-17(24)21-13-5-7-16(20-11-13)23-8-2-1-3-9-23/h4-7,10-11H,1-3,8-9H2,(H2,21,22,24). The van der Waals surface area contributed by atoms with Crippen molar-refractivity contribution in [3.63, 3.8) is 0 Å². The minimum Gasteiger partial charge on any atom is -0.357 e. The average molecular weight is 365 g/mol. The summed E-state index contributed by atoms with van der Waals surface area (Å²) < 4.78 is 0. The predicted molar refractivity (Wildman–Crippen MR) is 99.4 cm³/mol. The van der Waals surface area contributed by atoms with Gasteiger partial charge in [-0.05, 0) is 49.6 Å². The Kier molecular flexibility index (Phi) is 5.43. The summed E-state index contributed by atoms with van der Waals surface area (Å²) in [6.07, 6.45) is 5.33. The van der Waals surface area contributed by atoms with Crippen LogP contribution in [0.5, 0.6) is 0 Å². The number of rotatable bonds is 3. The molecule has 1 aliphatic rings. The van der Waals surface area contributed by atoms with Gasteiger partial charge in [0, 0.05) is 18.1 Å². The SMILES string of the molecule is O=C(Nc1ccc(N2CCCCC2)nc1)Nc1cc(Cl)ccc1Cl. The largest absolute Gasteiger partial charge is 0.357 e. The number of carbonyl (C=O) groups excluding carboxylic acids is 1. The molecule has 0 atom stereocenters. The number of carbonyl (C=O) groups is 1. The number of halogens is 2. The zero-order chi connectivity index (χ0) is 16.9. The smallest absolute Gasteiger partial charge is 0.323 e. The summed E-state index contributed by atoms with van der Waals surface area (Å²) in [5, 5.41) is 6.33. The van der Waals surface area contributed by atoms with Gasteiger partial charge in [0.2, 0.25) is 0 Å². The molecular weight excluding hydrogens is 347 g/mol. The van der Waals surface area contributed by atoms with Gasteiger partial charge >= 0.3 is 6.03 Å². The van der Waals surface area contributed by atoms with Crippen molar-refractivity contribution >= 4 is 46.4 Å². The van der Waals surface area contributed by atoms with Crippen molar-refractivity contribution in [2.45, 2.75) is 19.3 Å². The van der Waals surface area contributed by atoms with E-state index < -0.39 is 6.03 Å². The third-order valence-electron chi connectivity index (χ3n) is 3.86. The summed E-state index contributed by atoms with van der Waals surface area (Å²) in [5.41, 5.74) is 1.07. The fraction of sp³-hybridized carbons (Fsp3) is 0.294. The molecule has 0 bridgehead atoms. The second-order valence-electron chi connectivity index (χ2n) is 5.66. The topological polar surface area (TPSA) is 57.3 Å². The molecule has 2 amide bonds. The summed E-state index contributed by atoms with van der Waals surface area (Å²) >= 11 is 11.9. The first-order chi connectivity index (χ1) is 11.6. The van der Waals surface area contributed by atoms with Crippen LogP contribution in [-0.2, 0) is 0 Å². The van der Waals surface area contributed by atoms with Crippen molar-refractivity contribution in [2.24, 2.45) is 0 Å². The summed E-state index contributed by atoms with van der Waals surface area (Å²) in [4.78, 5) is 18.8. The van der Waals surface area contributed by atoms with E-state index in [1.165, 1.54) is 19.3 Å². The van der Waals surface area contributed by atoms with Gasteiger partial charge in [-0.15, -0.1) is 0 Å². The van der Waals surface area contributed by atoms with E-state index in [0.717, 1.165) is 18.9 Å². The van der Waals surface area contributed by atoms with Crippen LogP contribution >= 0.6 is 23.2 Å². The minimum atomic E-state index is -0.397. The van der Waals surface area contributed by atoms with Crippen LogP contribution in [-0.4, -0.2) is 24.1 Å². The molecule has 3 rings (SSSR count). The number of piperidine rings is 1. The molecule has 1 aromatic heterocycles. The van der Waals surface area contributed by atoms with Crippen LogP contribution in [0.1, 0.15) is 19.3 Å². The molecule has 0 saturated carbocycles. The van der Waals surface area contributed by atoms with Gasteiger partial charge in [-0.3, -0.25) is 0 Å². The first-order valence-corrected chi connectivity index (χ1v) is 8.61. The molecule has 2 heterocycles. The van der Waals surface area contributed by atoms with Gasteiger partial charge in [0.05, 0.1) is 22.6 Å². The molecule has 1 aliphatic heterocycles. The molecule has 2 aromatic rings. The van der Waals surface area contributed by atoms with Gasteiger partial charge in [-0.25, -0.2) is 9.78 Å². The molecule has 126 valence electrons. The maximum Gasteiger partial charge on any atom is 0.323 e. The molecule has 0 spiro atoms.